The number of pyridine rings is 2. The summed E-state index contributed by atoms with van der Waals surface area (Å²) in [7, 11) is 0. The molecule has 3 heterocycles. The third-order valence-electron chi connectivity index (χ3n) is 4.36. The molecule has 3 aromatic heterocycles. The molecular weight excluding hydrogens is 352 g/mol. The lowest BCUT2D eigenvalue weighted by Crippen LogP contribution is -2.23. The normalized spacial score (nSPS) is 13.6. The number of allylic oxidation sites excluding steroid dienone is 4. The molecule has 0 saturated carbocycles. The molecule has 0 saturated heterocycles. The number of aromatic nitrogens is 4. The number of nitrogens with one attached hydrogen (secondary N) is 1. The predicted molar refractivity (Wildman–Crippen MR) is 110 cm³/mol. The van der Waals surface area contributed by atoms with Gasteiger partial charge in [-0.1, -0.05) is 18.1 Å². The van der Waals surface area contributed by atoms with Crippen molar-refractivity contribution in [2.24, 2.45) is 0 Å². The zero-order valence-corrected chi connectivity index (χ0v) is 15.1. The molecule has 0 spiro atoms. The van der Waals surface area contributed by atoms with Crippen LogP contribution in [-0.2, 0) is 0 Å². The minimum atomic E-state index is -0.229. The van der Waals surface area contributed by atoms with Gasteiger partial charge in [-0.3, -0.25) is 19.1 Å². The van der Waals surface area contributed by atoms with Crippen molar-refractivity contribution in [1.82, 2.24) is 19.5 Å². The fourth-order valence-electron chi connectivity index (χ4n) is 2.94. The SMILES string of the molecule is CC1=C(n2c(/C=C/c3c[nH]ccc3=O)nc3cnccc3c2=O)C#CCC=C1. The maximum Gasteiger partial charge on any atom is 0.266 e. The minimum Gasteiger partial charge on any atom is -0.367 e. The van der Waals surface area contributed by atoms with Gasteiger partial charge in [-0.25, -0.2) is 4.98 Å². The minimum absolute atomic E-state index is 0.126. The van der Waals surface area contributed by atoms with Crippen molar-refractivity contribution in [1.29, 1.82) is 0 Å². The molecule has 0 aromatic carbocycles. The van der Waals surface area contributed by atoms with Crippen molar-refractivity contribution in [2.45, 2.75) is 13.3 Å². The van der Waals surface area contributed by atoms with E-state index in [-0.39, 0.29) is 11.0 Å². The molecule has 0 fully saturated rings. The molecule has 1 aliphatic rings. The zero-order chi connectivity index (χ0) is 19.5. The Balaban J connectivity index is 2.00. The molecular formula is C22H16N4O2. The Kier molecular flexibility index (Phi) is 4.56. The number of hydrogen-bond donors (Lipinski definition) is 1. The van der Waals surface area contributed by atoms with Crippen LogP contribution in [0.3, 0.4) is 0 Å². The van der Waals surface area contributed by atoms with Gasteiger partial charge in [0.05, 0.1) is 17.1 Å². The number of hydrogen-bond acceptors (Lipinski definition) is 4. The van der Waals surface area contributed by atoms with Crippen LogP contribution >= 0.6 is 0 Å². The van der Waals surface area contributed by atoms with Crippen LogP contribution in [0.4, 0.5) is 0 Å². The summed E-state index contributed by atoms with van der Waals surface area (Å²) in [5.74, 6) is 6.50. The van der Waals surface area contributed by atoms with Gasteiger partial charge < -0.3 is 4.98 Å². The van der Waals surface area contributed by atoms with E-state index < -0.39 is 0 Å². The second-order valence-electron chi connectivity index (χ2n) is 6.24. The number of nitrogens with zero attached hydrogens (tertiary/aromatic N) is 3. The average Bonchev–Trinajstić information content (AvgIpc) is 2.92. The standard InChI is InChI=1S/C22H16N4O2/c1-15-5-3-2-4-6-19(15)26-21(8-7-16-13-23-12-10-20(16)27)25-18-14-24-11-9-17(18)22(26)28/h3,5,7-14H,2H2,1H3,(H,23,27)/b8-7+. The smallest absolute Gasteiger partial charge is 0.266 e. The van der Waals surface area contributed by atoms with Crippen molar-refractivity contribution in [3.05, 3.63) is 86.6 Å². The highest BCUT2D eigenvalue weighted by Crippen LogP contribution is 2.17. The van der Waals surface area contributed by atoms with Gasteiger partial charge in [0.15, 0.2) is 5.43 Å². The number of rotatable bonds is 3. The monoisotopic (exact) mass is 368 g/mol. The Labute approximate surface area is 160 Å². The lowest BCUT2D eigenvalue weighted by atomic mass is 10.2. The van der Waals surface area contributed by atoms with Crippen molar-refractivity contribution in [2.75, 3.05) is 0 Å². The highest BCUT2D eigenvalue weighted by atomic mass is 16.1. The second kappa shape index (κ2) is 7.33. The molecule has 28 heavy (non-hydrogen) atoms. The maximum absolute atomic E-state index is 13.3. The summed E-state index contributed by atoms with van der Waals surface area (Å²) in [4.78, 5) is 36.8. The van der Waals surface area contributed by atoms with E-state index in [4.69, 9.17) is 0 Å². The van der Waals surface area contributed by atoms with E-state index in [2.05, 4.69) is 26.8 Å². The third-order valence-corrected chi connectivity index (χ3v) is 4.36. The quantitative estimate of drug-likeness (QED) is 0.721. The van der Waals surface area contributed by atoms with Gasteiger partial charge in [-0.05, 0) is 36.6 Å². The summed E-state index contributed by atoms with van der Waals surface area (Å²) in [6.07, 6.45) is 14.1. The molecule has 4 rings (SSSR count). The molecule has 0 bridgehead atoms. The van der Waals surface area contributed by atoms with Gasteiger partial charge in [0.25, 0.3) is 5.56 Å². The molecule has 0 unspecified atom stereocenters. The fourth-order valence-corrected chi connectivity index (χ4v) is 2.94. The van der Waals surface area contributed by atoms with E-state index in [1.807, 2.05) is 19.1 Å². The molecule has 0 aliphatic heterocycles. The van der Waals surface area contributed by atoms with E-state index in [0.717, 1.165) is 5.57 Å². The van der Waals surface area contributed by atoms with Crippen LogP contribution in [0.2, 0.25) is 0 Å². The molecule has 3 aromatic rings. The van der Waals surface area contributed by atoms with Crippen LogP contribution in [0.25, 0.3) is 28.8 Å². The number of aromatic amines is 1. The van der Waals surface area contributed by atoms with E-state index in [0.29, 0.717) is 34.4 Å². The molecule has 6 heteroatoms. The first-order valence-electron chi connectivity index (χ1n) is 8.74. The summed E-state index contributed by atoms with van der Waals surface area (Å²) < 4.78 is 1.49. The highest BCUT2D eigenvalue weighted by Gasteiger charge is 2.14. The van der Waals surface area contributed by atoms with E-state index in [9.17, 15) is 9.59 Å². The first-order chi connectivity index (χ1) is 13.6. The lowest BCUT2D eigenvalue weighted by Gasteiger charge is -2.12. The highest BCUT2D eigenvalue weighted by molar-refractivity contribution is 5.82. The van der Waals surface area contributed by atoms with Gasteiger partial charge in [0.1, 0.15) is 11.5 Å². The van der Waals surface area contributed by atoms with Crippen LogP contribution in [0.5, 0.6) is 0 Å². The van der Waals surface area contributed by atoms with E-state index in [1.54, 1.807) is 43.0 Å². The Bertz CT molecular complexity index is 1340. The molecule has 6 nitrogen and oxygen atoms in total. The second-order valence-corrected chi connectivity index (χ2v) is 6.24. The Hall–Kier alpha value is -3.98. The van der Waals surface area contributed by atoms with E-state index in [1.165, 1.54) is 10.6 Å². The first-order valence-corrected chi connectivity index (χ1v) is 8.74. The Morgan fingerprint density at radius 1 is 1.25 bits per heavy atom. The van der Waals surface area contributed by atoms with Crippen molar-refractivity contribution in [3.8, 4) is 11.8 Å². The summed E-state index contributed by atoms with van der Waals surface area (Å²) in [5.41, 5.74) is 2.04. The average molecular weight is 368 g/mol. The van der Waals surface area contributed by atoms with Gasteiger partial charge in [0.2, 0.25) is 0 Å². The van der Waals surface area contributed by atoms with Gasteiger partial charge >= 0.3 is 0 Å². The molecule has 1 aliphatic carbocycles. The summed E-state index contributed by atoms with van der Waals surface area (Å²) in [6.45, 7) is 1.91. The lowest BCUT2D eigenvalue weighted by molar-refractivity contribution is 0.970. The largest absolute Gasteiger partial charge is 0.367 e. The third kappa shape index (κ3) is 3.21. The number of H-pyrrole nitrogens is 1. The van der Waals surface area contributed by atoms with Crippen LogP contribution in [0.15, 0.2) is 64.2 Å². The molecule has 0 amide bonds. The number of fused-ring (bicyclic) bond motifs is 1. The summed E-state index contributed by atoms with van der Waals surface area (Å²) in [5, 5.41) is 0.458. The molecule has 0 radical (unpaired) electrons. The Morgan fingerprint density at radius 3 is 3.00 bits per heavy atom. The zero-order valence-electron chi connectivity index (χ0n) is 15.1. The van der Waals surface area contributed by atoms with Crippen LogP contribution in [0.1, 0.15) is 24.7 Å². The van der Waals surface area contributed by atoms with Gasteiger partial charge in [0, 0.05) is 36.6 Å². The van der Waals surface area contributed by atoms with Crippen LogP contribution in [-0.4, -0.2) is 19.5 Å². The van der Waals surface area contributed by atoms with Gasteiger partial charge in [-0.15, -0.1) is 0 Å². The fraction of sp³-hybridized carbons (Fsp3) is 0.0909. The van der Waals surface area contributed by atoms with Crippen molar-refractivity contribution < 1.29 is 0 Å². The summed E-state index contributed by atoms with van der Waals surface area (Å²) >= 11 is 0. The molecule has 0 atom stereocenters. The van der Waals surface area contributed by atoms with Crippen LogP contribution < -0.4 is 11.0 Å². The predicted octanol–water partition coefficient (Wildman–Crippen LogP) is 2.84. The summed E-state index contributed by atoms with van der Waals surface area (Å²) in [6, 6.07) is 3.09. The van der Waals surface area contributed by atoms with E-state index >= 15 is 0 Å². The molecule has 136 valence electrons. The van der Waals surface area contributed by atoms with Gasteiger partial charge in [-0.2, -0.15) is 0 Å². The topological polar surface area (TPSA) is 80.6 Å². The maximum atomic E-state index is 13.3. The first kappa shape index (κ1) is 17.4. The molecule has 1 N–H and O–H groups in total. The van der Waals surface area contributed by atoms with Crippen molar-refractivity contribution in [3.63, 3.8) is 0 Å². The van der Waals surface area contributed by atoms with Crippen molar-refractivity contribution >= 4 is 28.8 Å². The Morgan fingerprint density at radius 2 is 2.14 bits per heavy atom. The van der Waals surface area contributed by atoms with Crippen LogP contribution in [0, 0.1) is 11.8 Å².